The van der Waals surface area contributed by atoms with E-state index in [2.05, 4.69) is 32.7 Å². The van der Waals surface area contributed by atoms with Crippen LogP contribution in [0, 0.1) is 11.3 Å². The molecular formula is C16H14N4. The van der Waals surface area contributed by atoms with Crippen LogP contribution in [0.2, 0.25) is 0 Å². The van der Waals surface area contributed by atoms with Crippen molar-refractivity contribution in [3.63, 3.8) is 0 Å². The van der Waals surface area contributed by atoms with E-state index in [1.165, 1.54) is 0 Å². The molecule has 0 saturated carbocycles. The summed E-state index contributed by atoms with van der Waals surface area (Å²) in [5.74, 6) is 0.925. The second kappa shape index (κ2) is 4.24. The first kappa shape index (κ1) is 11.3. The standard InChI is InChI=1S/C16H14N4/c17-9-14-15-7-3-4-8-20(15)16(19-14)12-10-18-13-6-2-1-5-11(12)13/h1-2,5-6,10,18H,3-4,7-8H2. The number of hydrogen-bond acceptors (Lipinski definition) is 2. The Kier molecular flexibility index (Phi) is 2.40. The number of aromatic nitrogens is 3. The molecule has 2 aromatic heterocycles. The highest BCUT2D eigenvalue weighted by Crippen LogP contribution is 2.31. The lowest BCUT2D eigenvalue weighted by atomic mass is 10.1. The van der Waals surface area contributed by atoms with Crippen molar-refractivity contribution in [3.8, 4) is 17.5 Å². The van der Waals surface area contributed by atoms with Gasteiger partial charge in [-0.2, -0.15) is 5.26 Å². The zero-order valence-corrected chi connectivity index (χ0v) is 11.1. The molecule has 0 unspecified atom stereocenters. The van der Waals surface area contributed by atoms with Gasteiger partial charge in [0, 0.05) is 29.2 Å². The Labute approximate surface area is 116 Å². The Morgan fingerprint density at radius 2 is 2.15 bits per heavy atom. The molecule has 0 bridgehead atoms. The molecule has 3 aromatic rings. The summed E-state index contributed by atoms with van der Waals surface area (Å²) in [6.45, 7) is 0.957. The number of nitrogens with zero attached hydrogens (tertiary/aromatic N) is 3. The van der Waals surface area contributed by atoms with Crippen molar-refractivity contribution in [1.82, 2.24) is 14.5 Å². The van der Waals surface area contributed by atoms with E-state index in [0.717, 1.165) is 53.8 Å². The minimum atomic E-state index is 0.588. The van der Waals surface area contributed by atoms with Gasteiger partial charge in [0.05, 0.1) is 5.69 Å². The molecule has 1 aromatic carbocycles. The van der Waals surface area contributed by atoms with E-state index in [-0.39, 0.29) is 0 Å². The number of benzene rings is 1. The topological polar surface area (TPSA) is 57.4 Å². The summed E-state index contributed by atoms with van der Waals surface area (Å²) >= 11 is 0. The van der Waals surface area contributed by atoms with Gasteiger partial charge in [-0.05, 0) is 25.3 Å². The average Bonchev–Trinajstić information content (AvgIpc) is 3.08. The lowest BCUT2D eigenvalue weighted by Gasteiger charge is -2.16. The van der Waals surface area contributed by atoms with Crippen LogP contribution < -0.4 is 0 Å². The van der Waals surface area contributed by atoms with Gasteiger partial charge in [0.2, 0.25) is 0 Å². The van der Waals surface area contributed by atoms with E-state index >= 15 is 0 Å². The van der Waals surface area contributed by atoms with E-state index in [1.54, 1.807) is 0 Å². The zero-order valence-electron chi connectivity index (χ0n) is 11.1. The minimum Gasteiger partial charge on any atom is -0.360 e. The van der Waals surface area contributed by atoms with Crippen molar-refractivity contribution in [1.29, 1.82) is 5.26 Å². The van der Waals surface area contributed by atoms with Crippen molar-refractivity contribution >= 4 is 10.9 Å². The van der Waals surface area contributed by atoms with Gasteiger partial charge in [-0.3, -0.25) is 0 Å². The van der Waals surface area contributed by atoms with Crippen molar-refractivity contribution < 1.29 is 0 Å². The quantitative estimate of drug-likeness (QED) is 0.732. The molecule has 3 heterocycles. The molecule has 0 saturated heterocycles. The van der Waals surface area contributed by atoms with Crippen LogP contribution in [0.25, 0.3) is 22.3 Å². The van der Waals surface area contributed by atoms with Gasteiger partial charge in [0.1, 0.15) is 11.9 Å². The highest BCUT2D eigenvalue weighted by atomic mass is 15.1. The summed E-state index contributed by atoms with van der Waals surface area (Å²) in [4.78, 5) is 7.87. The first-order valence-electron chi connectivity index (χ1n) is 6.94. The maximum atomic E-state index is 9.28. The third-order valence-electron chi connectivity index (χ3n) is 4.05. The van der Waals surface area contributed by atoms with E-state index in [1.807, 2.05) is 18.3 Å². The van der Waals surface area contributed by atoms with Crippen LogP contribution in [0.5, 0.6) is 0 Å². The molecule has 0 radical (unpaired) electrons. The third kappa shape index (κ3) is 1.50. The second-order valence-corrected chi connectivity index (χ2v) is 5.20. The number of rotatable bonds is 1. The largest absolute Gasteiger partial charge is 0.360 e. The SMILES string of the molecule is N#Cc1nc(-c2c[nH]c3ccccc23)n2c1CCCC2. The minimum absolute atomic E-state index is 0.588. The van der Waals surface area contributed by atoms with Crippen LogP contribution in [-0.4, -0.2) is 14.5 Å². The number of fused-ring (bicyclic) bond motifs is 2. The smallest absolute Gasteiger partial charge is 0.162 e. The third-order valence-corrected chi connectivity index (χ3v) is 4.05. The fourth-order valence-electron chi connectivity index (χ4n) is 3.09. The summed E-state index contributed by atoms with van der Waals surface area (Å²) < 4.78 is 2.22. The number of imidazole rings is 1. The predicted molar refractivity (Wildman–Crippen MR) is 77.2 cm³/mol. The first-order chi connectivity index (χ1) is 9.88. The first-order valence-corrected chi connectivity index (χ1v) is 6.94. The Morgan fingerprint density at radius 3 is 3.05 bits per heavy atom. The number of aromatic amines is 1. The molecule has 4 nitrogen and oxygen atoms in total. The van der Waals surface area contributed by atoms with Gasteiger partial charge in [-0.25, -0.2) is 4.98 Å². The molecule has 98 valence electrons. The van der Waals surface area contributed by atoms with Gasteiger partial charge in [-0.15, -0.1) is 0 Å². The van der Waals surface area contributed by atoms with E-state index in [9.17, 15) is 5.26 Å². The van der Waals surface area contributed by atoms with Crippen molar-refractivity contribution in [2.45, 2.75) is 25.8 Å². The highest BCUT2D eigenvalue weighted by molar-refractivity contribution is 5.94. The molecule has 0 fully saturated rings. The second-order valence-electron chi connectivity index (χ2n) is 5.20. The summed E-state index contributed by atoms with van der Waals surface area (Å²) in [7, 11) is 0. The van der Waals surface area contributed by atoms with Gasteiger partial charge in [0.25, 0.3) is 0 Å². The summed E-state index contributed by atoms with van der Waals surface area (Å²) in [5.41, 5.74) is 3.88. The van der Waals surface area contributed by atoms with Gasteiger partial charge in [-0.1, -0.05) is 18.2 Å². The summed E-state index contributed by atoms with van der Waals surface area (Å²) in [6, 6.07) is 10.4. The molecular weight excluding hydrogens is 248 g/mol. The Balaban J connectivity index is 1.99. The number of nitrogens with one attached hydrogen (secondary N) is 1. The Bertz CT molecular complexity index is 832. The van der Waals surface area contributed by atoms with Crippen molar-refractivity contribution in [2.24, 2.45) is 0 Å². The maximum absolute atomic E-state index is 9.28. The molecule has 1 aliphatic rings. The maximum Gasteiger partial charge on any atom is 0.162 e. The normalized spacial score (nSPS) is 14.2. The van der Waals surface area contributed by atoms with Gasteiger partial charge < -0.3 is 9.55 Å². The molecule has 0 amide bonds. The highest BCUT2D eigenvalue weighted by Gasteiger charge is 2.22. The average molecular weight is 262 g/mol. The summed E-state index contributed by atoms with van der Waals surface area (Å²) in [6.07, 6.45) is 5.26. The Hall–Kier alpha value is -2.54. The van der Waals surface area contributed by atoms with Crippen LogP contribution >= 0.6 is 0 Å². The molecule has 1 N–H and O–H groups in total. The predicted octanol–water partition coefficient (Wildman–Crippen LogP) is 3.24. The molecule has 20 heavy (non-hydrogen) atoms. The lowest BCUT2D eigenvalue weighted by Crippen LogP contribution is -2.11. The van der Waals surface area contributed by atoms with E-state index in [0.29, 0.717) is 5.69 Å². The van der Waals surface area contributed by atoms with Gasteiger partial charge >= 0.3 is 0 Å². The Morgan fingerprint density at radius 1 is 1.25 bits per heavy atom. The van der Waals surface area contributed by atoms with Crippen molar-refractivity contribution in [2.75, 3.05) is 0 Å². The summed E-state index contributed by atoms with van der Waals surface area (Å²) in [5, 5.41) is 10.4. The molecule has 0 atom stereocenters. The molecule has 4 heteroatoms. The fraction of sp³-hybridized carbons (Fsp3) is 0.250. The molecule has 0 aliphatic carbocycles. The van der Waals surface area contributed by atoms with Crippen LogP contribution in [-0.2, 0) is 13.0 Å². The van der Waals surface area contributed by atoms with Gasteiger partial charge in [0.15, 0.2) is 5.69 Å². The zero-order chi connectivity index (χ0) is 13.5. The van der Waals surface area contributed by atoms with Crippen LogP contribution in [0.1, 0.15) is 24.2 Å². The lowest BCUT2D eigenvalue weighted by molar-refractivity contribution is 0.536. The fourth-order valence-corrected chi connectivity index (χ4v) is 3.09. The number of H-pyrrole nitrogens is 1. The van der Waals surface area contributed by atoms with Crippen LogP contribution in [0.3, 0.4) is 0 Å². The van der Waals surface area contributed by atoms with Crippen LogP contribution in [0.4, 0.5) is 0 Å². The number of nitriles is 1. The molecule has 4 rings (SSSR count). The number of para-hydroxylation sites is 1. The molecule has 1 aliphatic heterocycles. The van der Waals surface area contributed by atoms with E-state index < -0.39 is 0 Å². The molecule has 0 spiro atoms. The van der Waals surface area contributed by atoms with Crippen LogP contribution in [0.15, 0.2) is 30.5 Å². The monoisotopic (exact) mass is 262 g/mol. The van der Waals surface area contributed by atoms with E-state index in [4.69, 9.17) is 0 Å². The number of hydrogen-bond donors (Lipinski definition) is 1. The van der Waals surface area contributed by atoms with Crippen molar-refractivity contribution in [3.05, 3.63) is 41.9 Å².